The van der Waals surface area contributed by atoms with Gasteiger partial charge in [-0.05, 0) is 60.0 Å². The third kappa shape index (κ3) is 4.62. The van der Waals surface area contributed by atoms with Crippen LogP contribution in [0.5, 0.6) is 5.75 Å². The standard InChI is InChI=1S/C26H23FN2O4/c1-2-13-33-21-7-3-6-19(14-21)23-22(24(30)18-8-10-20(27)11-9-18)25(31)26(32)29(23)16-17-5-4-12-28-15-17/h3-12,14-15,23,30H,2,13,16H2,1H3/t23-/m0/s1. The van der Waals surface area contributed by atoms with Crippen molar-refractivity contribution in [2.45, 2.75) is 25.9 Å². The summed E-state index contributed by atoms with van der Waals surface area (Å²) in [6.45, 7) is 2.65. The van der Waals surface area contributed by atoms with E-state index < -0.39 is 23.5 Å². The lowest BCUT2D eigenvalue weighted by molar-refractivity contribution is -0.140. The van der Waals surface area contributed by atoms with Crippen LogP contribution in [0.4, 0.5) is 4.39 Å². The van der Waals surface area contributed by atoms with Crippen LogP contribution in [0.15, 0.2) is 78.6 Å². The Labute approximate surface area is 191 Å². The second-order valence-electron chi connectivity index (χ2n) is 7.72. The molecule has 2 aromatic carbocycles. The van der Waals surface area contributed by atoms with Crippen molar-refractivity contribution in [3.63, 3.8) is 0 Å². The van der Waals surface area contributed by atoms with Crippen molar-refractivity contribution in [3.8, 4) is 5.75 Å². The van der Waals surface area contributed by atoms with Gasteiger partial charge in [0.05, 0.1) is 18.2 Å². The minimum Gasteiger partial charge on any atom is -0.507 e. The summed E-state index contributed by atoms with van der Waals surface area (Å²) in [5.74, 6) is -1.76. The van der Waals surface area contributed by atoms with Crippen molar-refractivity contribution in [1.29, 1.82) is 0 Å². The molecule has 1 aliphatic rings. The van der Waals surface area contributed by atoms with E-state index >= 15 is 0 Å². The Hall–Kier alpha value is -4.00. The molecule has 2 heterocycles. The number of amides is 1. The van der Waals surface area contributed by atoms with Crippen LogP contribution in [0.3, 0.4) is 0 Å². The molecule has 1 aromatic heterocycles. The molecule has 0 bridgehead atoms. The van der Waals surface area contributed by atoms with Gasteiger partial charge in [-0.2, -0.15) is 0 Å². The van der Waals surface area contributed by atoms with Crippen LogP contribution in [0.2, 0.25) is 0 Å². The fraction of sp³-hybridized carbons (Fsp3) is 0.192. The second-order valence-corrected chi connectivity index (χ2v) is 7.72. The van der Waals surface area contributed by atoms with Gasteiger partial charge in [0.1, 0.15) is 17.3 Å². The number of benzene rings is 2. The number of halogens is 1. The lowest BCUT2D eigenvalue weighted by atomic mass is 9.95. The Morgan fingerprint density at radius 1 is 1.12 bits per heavy atom. The molecule has 7 heteroatoms. The molecule has 1 atom stereocenters. The minimum absolute atomic E-state index is 0.0526. The fourth-order valence-corrected chi connectivity index (χ4v) is 3.84. The van der Waals surface area contributed by atoms with Crippen LogP contribution >= 0.6 is 0 Å². The Balaban J connectivity index is 1.84. The number of carbonyl (C=O) groups excluding carboxylic acids is 2. The first-order valence-corrected chi connectivity index (χ1v) is 10.7. The number of carbonyl (C=O) groups is 2. The smallest absolute Gasteiger partial charge is 0.295 e. The van der Waals surface area contributed by atoms with E-state index in [0.29, 0.717) is 17.9 Å². The molecular formula is C26H23FN2O4. The molecule has 0 saturated carbocycles. The number of aromatic nitrogens is 1. The average molecular weight is 446 g/mol. The summed E-state index contributed by atoms with van der Waals surface area (Å²) in [4.78, 5) is 31.7. The van der Waals surface area contributed by atoms with Gasteiger partial charge in [-0.15, -0.1) is 0 Å². The van der Waals surface area contributed by atoms with Crippen LogP contribution in [0, 0.1) is 5.82 Å². The number of ketones is 1. The first kappa shape index (κ1) is 22.2. The average Bonchev–Trinajstić information content (AvgIpc) is 3.08. The Kier molecular flexibility index (Phi) is 6.49. The SMILES string of the molecule is CCCOc1cccc([C@H]2C(=C(O)c3ccc(F)cc3)C(=O)C(=O)N2Cc2cccnc2)c1. The maximum Gasteiger partial charge on any atom is 0.295 e. The minimum atomic E-state index is -0.847. The van der Waals surface area contributed by atoms with E-state index in [1.807, 2.05) is 13.0 Å². The quantitative estimate of drug-likeness (QED) is 0.325. The zero-order valence-corrected chi connectivity index (χ0v) is 18.1. The van der Waals surface area contributed by atoms with Crippen molar-refractivity contribution in [3.05, 3.63) is 101 Å². The number of Topliss-reactive ketones (excluding diaryl/α,β-unsaturated/α-hetero) is 1. The van der Waals surface area contributed by atoms with Crippen molar-refractivity contribution in [2.24, 2.45) is 0 Å². The highest BCUT2D eigenvalue weighted by atomic mass is 19.1. The van der Waals surface area contributed by atoms with Crippen LogP contribution in [-0.4, -0.2) is 33.3 Å². The molecule has 1 amide bonds. The van der Waals surface area contributed by atoms with Crippen molar-refractivity contribution in [1.82, 2.24) is 9.88 Å². The zero-order chi connectivity index (χ0) is 23.4. The summed E-state index contributed by atoms with van der Waals surface area (Å²) in [5, 5.41) is 11.0. The van der Waals surface area contributed by atoms with Crippen molar-refractivity contribution in [2.75, 3.05) is 6.61 Å². The van der Waals surface area contributed by atoms with Gasteiger partial charge in [-0.1, -0.05) is 25.1 Å². The molecule has 33 heavy (non-hydrogen) atoms. The largest absolute Gasteiger partial charge is 0.507 e. The molecule has 1 N–H and O–H groups in total. The third-order valence-electron chi connectivity index (χ3n) is 5.38. The van der Waals surface area contributed by atoms with Gasteiger partial charge in [0.15, 0.2) is 0 Å². The van der Waals surface area contributed by atoms with E-state index in [1.165, 1.54) is 29.2 Å². The monoisotopic (exact) mass is 446 g/mol. The summed E-state index contributed by atoms with van der Waals surface area (Å²) < 4.78 is 19.1. The molecule has 1 fully saturated rings. The topological polar surface area (TPSA) is 79.7 Å². The summed E-state index contributed by atoms with van der Waals surface area (Å²) in [7, 11) is 0. The molecular weight excluding hydrogens is 423 g/mol. The van der Waals surface area contributed by atoms with Crippen LogP contribution in [0.25, 0.3) is 5.76 Å². The number of hydrogen-bond donors (Lipinski definition) is 1. The molecule has 0 radical (unpaired) electrons. The number of aliphatic hydroxyl groups is 1. The number of nitrogens with zero attached hydrogens (tertiary/aromatic N) is 2. The van der Waals surface area contributed by atoms with Crippen LogP contribution < -0.4 is 4.74 Å². The van der Waals surface area contributed by atoms with Crippen molar-refractivity contribution >= 4 is 17.4 Å². The number of likely N-dealkylation sites (tertiary alicyclic amines) is 1. The molecule has 1 saturated heterocycles. The van der Waals surface area contributed by atoms with E-state index in [4.69, 9.17) is 4.74 Å². The highest BCUT2D eigenvalue weighted by Gasteiger charge is 2.46. The first-order chi connectivity index (χ1) is 16.0. The summed E-state index contributed by atoms with van der Waals surface area (Å²) >= 11 is 0. The van der Waals surface area contributed by atoms with Gasteiger partial charge >= 0.3 is 0 Å². The molecule has 1 aliphatic heterocycles. The van der Waals surface area contributed by atoms with Gasteiger partial charge in [0.25, 0.3) is 11.7 Å². The Bertz CT molecular complexity index is 1190. The van der Waals surface area contributed by atoms with Crippen LogP contribution in [0.1, 0.15) is 36.1 Å². The highest BCUT2D eigenvalue weighted by molar-refractivity contribution is 6.46. The second kappa shape index (κ2) is 9.65. The predicted molar refractivity (Wildman–Crippen MR) is 121 cm³/mol. The Morgan fingerprint density at radius 3 is 2.61 bits per heavy atom. The lowest BCUT2D eigenvalue weighted by Gasteiger charge is -2.25. The number of rotatable bonds is 7. The maximum atomic E-state index is 13.4. The molecule has 6 nitrogen and oxygen atoms in total. The number of ether oxygens (including phenoxy) is 1. The number of pyridine rings is 1. The fourth-order valence-electron chi connectivity index (χ4n) is 3.84. The molecule has 0 unspecified atom stereocenters. The van der Waals surface area contributed by atoms with E-state index in [9.17, 15) is 19.1 Å². The molecule has 168 valence electrons. The zero-order valence-electron chi connectivity index (χ0n) is 18.1. The van der Waals surface area contributed by atoms with Gasteiger partial charge in [0, 0.05) is 24.5 Å². The van der Waals surface area contributed by atoms with E-state index in [1.54, 1.807) is 42.7 Å². The summed E-state index contributed by atoms with van der Waals surface area (Å²) in [6.07, 6.45) is 4.07. The van der Waals surface area contributed by atoms with Crippen LogP contribution in [-0.2, 0) is 16.1 Å². The molecule has 3 aromatic rings. The highest BCUT2D eigenvalue weighted by Crippen LogP contribution is 2.41. The van der Waals surface area contributed by atoms with Gasteiger partial charge in [-0.3, -0.25) is 14.6 Å². The summed E-state index contributed by atoms with van der Waals surface area (Å²) in [5.41, 5.74) is 1.56. The van der Waals surface area contributed by atoms with Gasteiger partial charge in [-0.25, -0.2) is 4.39 Å². The molecule has 0 spiro atoms. The Morgan fingerprint density at radius 2 is 1.91 bits per heavy atom. The van der Waals surface area contributed by atoms with E-state index in [0.717, 1.165) is 12.0 Å². The lowest BCUT2D eigenvalue weighted by Crippen LogP contribution is -2.29. The first-order valence-electron chi connectivity index (χ1n) is 10.7. The molecule has 0 aliphatic carbocycles. The van der Waals surface area contributed by atoms with Gasteiger partial charge in [0.2, 0.25) is 0 Å². The van der Waals surface area contributed by atoms with Gasteiger partial charge < -0.3 is 14.7 Å². The van der Waals surface area contributed by atoms with E-state index in [2.05, 4.69) is 4.98 Å². The number of hydrogen-bond acceptors (Lipinski definition) is 5. The number of aliphatic hydroxyl groups excluding tert-OH is 1. The predicted octanol–water partition coefficient (Wildman–Crippen LogP) is 4.63. The summed E-state index contributed by atoms with van der Waals surface area (Å²) in [6, 6.07) is 15.0. The third-order valence-corrected chi connectivity index (χ3v) is 5.38. The van der Waals surface area contributed by atoms with E-state index in [-0.39, 0.29) is 23.4 Å². The maximum absolute atomic E-state index is 13.4. The van der Waals surface area contributed by atoms with Crippen molar-refractivity contribution < 1.29 is 23.8 Å². The molecule has 4 rings (SSSR count). The normalized spacial score (nSPS) is 17.4.